The molecule has 0 saturated heterocycles. The van der Waals surface area contributed by atoms with Crippen LogP contribution in [0.15, 0.2) is 48.5 Å². The average Bonchev–Trinajstić information content (AvgIpc) is 2.55. The molecule has 0 heterocycles. The van der Waals surface area contributed by atoms with Crippen LogP contribution < -0.4 is 10.5 Å². The molecule has 0 spiro atoms. The van der Waals surface area contributed by atoms with Crippen LogP contribution in [-0.4, -0.2) is 13.2 Å². The van der Waals surface area contributed by atoms with Gasteiger partial charge in [-0.2, -0.15) is 0 Å². The van der Waals surface area contributed by atoms with Gasteiger partial charge in [-0.25, -0.2) is 0 Å². The van der Waals surface area contributed by atoms with Crippen LogP contribution in [0.2, 0.25) is 5.02 Å². The van der Waals surface area contributed by atoms with Gasteiger partial charge in [0, 0.05) is 10.9 Å². The van der Waals surface area contributed by atoms with Crippen molar-refractivity contribution in [2.24, 2.45) is 5.73 Å². The fraction of sp³-hybridized carbons (Fsp3) is 0.368. The lowest BCUT2D eigenvalue weighted by Crippen LogP contribution is -2.15. The molecular weight excluding hydrogens is 294 g/mol. The minimum Gasteiger partial charge on any atom is -0.494 e. The van der Waals surface area contributed by atoms with Gasteiger partial charge in [0.05, 0.1) is 6.61 Å². The predicted octanol–water partition coefficient (Wildman–Crippen LogP) is 4.80. The second-order valence-electron chi connectivity index (χ2n) is 5.50. The molecule has 2 nitrogen and oxygen atoms in total. The van der Waals surface area contributed by atoms with E-state index in [-0.39, 0.29) is 5.92 Å². The first-order valence-corrected chi connectivity index (χ1v) is 8.28. The fourth-order valence-electron chi connectivity index (χ4n) is 2.47. The quantitative estimate of drug-likeness (QED) is 0.709. The van der Waals surface area contributed by atoms with Crippen LogP contribution in [-0.2, 0) is 6.42 Å². The third kappa shape index (κ3) is 4.75. The van der Waals surface area contributed by atoms with Gasteiger partial charge >= 0.3 is 0 Å². The molecule has 2 aromatic carbocycles. The van der Waals surface area contributed by atoms with E-state index in [1.54, 1.807) is 0 Å². The normalized spacial score (nSPS) is 12.1. The lowest BCUT2D eigenvalue weighted by Gasteiger charge is -2.17. The highest BCUT2D eigenvalue weighted by molar-refractivity contribution is 6.31. The summed E-state index contributed by atoms with van der Waals surface area (Å²) in [7, 11) is 0. The summed E-state index contributed by atoms with van der Waals surface area (Å²) in [5.74, 6) is 1.17. The van der Waals surface area contributed by atoms with Gasteiger partial charge in [-0.1, -0.05) is 55.3 Å². The molecule has 0 aliphatic rings. The summed E-state index contributed by atoms with van der Waals surface area (Å²) in [6.07, 6.45) is 3.12. The molecule has 2 aromatic rings. The Bertz CT molecular complexity index is 568. The van der Waals surface area contributed by atoms with E-state index in [2.05, 4.69) is 25.1 Å². The lowest BCUT2D eigenvalue weighted by molar-refractivity contribution is 0.309. The second-order valence-corrected chi connectivity index (χ2v) is 5.91. The smallest absolute Gasteiger partial charge is 0.119 e. The molecule has 0 radical (unpaired) electrons. The summed E-state index contributed by atoms with van der Waals surface area (Å²) in [6.45, 7) is 3.52. The van der Waals surface area contributed by atoms with Crippen molar-refractivity contribution in [3.8, 4) is 5.75 Å². The molecular formula is C19H24ClNO. The number of hydrogen-bond donors (Lipinski definition) is 1. The van der Waals surface area contributed by atoms with E-state index < -0.39 is 0 Å². The van der Waals surface area contributed by atoms with Crippen LogP contribution in [0.25, 0.3) is 0 Å². The van der Waals surface area contributed by atoms with Gasteiger partial charge in [-0.3, -0.25) is 0 Å². The maximum absolute atomic E-state index is 6.28. The summed E-state index contributed by atoms with van der Waals surface area (Å²) >= 11 is 6.28. The van der Waals surface area contributed by atoms with Crippen LogP contribution in [0.3, 0.4) is 0 Å². The van der Waals surface area contributed by atoms with Crippen molar-refractivity contribution in [1.29, 1.82) is 0 Å². The Morgan fingerprint density at radius 2 is 1.82 bits per heavy atom. The summed E-state index contributed by atoms with van der Waals surface area (Å²) in [5, 5.41) is 0.789. The molecule has 0 fully saturated rings. The minimum atomic E-state index is 0.237. The Balaban J connectivity index is 2.01. The predicted molar refractivity (Wildman–Crippen MR) is 93.8 cm³/mol. The zero-order valence-corrected chi connectivity index (χ0v) is 13.9. The summed E-state index contributed by atoms with van der Waals surface area (Å²) in [4.78, 5) is 0. The maximum atomic E-state index is 6.28. The SMILES string of the molecule is CCCCOc1ccc(CC(CN)c2ccccc2Cl)cc1. The van der Waals surface area contributed by atoms with Gasteiger partial charge in [0.15, 0.2) is 0 Å². The maximum Gasteiger partial charge on any atom is 0.119 e. The Morgan fingerprint density at radius 1 is 1.09 bits per heavy atom. The Kier molecular flexibility index (Phi) is 6.75. The molecule has 0 aliphatic heterocycles. The van der Waals surface area contributed by atoms with Crippen molar-refractivity contribution >= 4 is 11.6 Å². The summed E-state index contributed by atoms with van der Waals surface area (Å²) < 4.78 is 5.69. The molecule has 0 amide bonds. The minimum absolute atomic E-state index is 0.237. The summed E-state index contributed by atoms with van der Waals surface area (Å²) in [5.41, 5.74) is 8.32. The number of nitrogens with two attached hydrogens (primary N) is 1. The van der Waals surface area contributed by atoms with Crippen molar-refractivity contribution in [2.75, 3.05) is 13.2 Å². The number of halogens is 1. The molecule has 0 aromatic heterocycles. The van der Waals surface area contributed by atoms with Gasteiger partial charge in [0.2, 0.25) is 0 Å². The third-order valence-electron chi connectivity index (χ3n) is 3.80. The van der Waals surface area contributed by atoms with Crippen molar-refractivity contribution in [2.45, 2.75) is 32.1 Å². The highest BCUT2D eigenvalue weighted by atomic mass is 35.5. The third-order valence-corrected chi connectivity index (χ3v) is 4.15. The first kappa shape index (κ1) is 16.9. The number of unbranched alkanes of at least 4 members (excludes halogenated alkanes) is 1. The molecule has 1 atom stereocenters. The Hall–Kier alpha value is -1.51. The highest BCUT2D eigenvalue weighted by Gasteiger charge is 2.13. The molecule has 0 aliphatic carbocycles. The van der Waals surface area contributed by atoms with Crippen LogP contribution >= 0.6 is 11.6 Å². The molecule has 0 saturated carbocycles. The molecule has 1 unspecified atom stereocenters. The first-order valence-electron chi connectivity index (χ1n) is 7.90. The Labute approximate surface area is 138 Å². The van der Waals surface area contributed by atoms with E-state index in [9.17, 15) is 0 Å². The van der Waals surface area contributed by atoms with E-state index in [0.29, 0.717) is 6.54 Å². The van der Waals surface area contributed by atoms with E-state index in [0.717, 1.165) is 42.2 Å². The molecule has 3 heteroatoms. The van der Waals surface area contributed by atoms with E-state index in [4.69, 9.17) is 22.1 Å². The standard InChI is InChI=1S/C19H24ClNO/c1-2-3-12-22-17-10-8-15(9-11-17)13-16(14-21)18-6-4-5-7-19(18)20/h4-11,16H,2-3,12-14,21H2,1H3. The van der Waals surface area contributed by atoms with Crippen molar-refractivity contribution in [3.05, 3.63) is 64.7 Å². The van der Waals surface area contributed by atoms with Crippen LogP contribution in [0.4, 0.5) is 0 Å². The molecule has 2 rings (SSSR count). The highest BCUT2D eigenvalue weighted by Crippen LogP contribution is 2.27. The van der Waals surface area contributed by atoms with Gasteiger partial charge in [-0.15, -0.1) is 0 Å². The molecule has 2 N–H and O–H groups in total. The number of rotatable bonds is 8. The summed E-state index contributed by atoms with van der Waals surface area (Å²) in [6, 6.07) is 16.2. The van der Waals surface area contributed by atoms with Crippen LogP contribution in [0.5, 0.6) is 5.75 Å². The lowest BCUT2D eigenvalue weighted by atomic mass is 9.92. The second kappa shape index (κ2) is 8.82. The average molecular weight is 318 g/mol. The molecule has 0 bridgehead atoms. The van der Waals surface area contributed by atoms with E-state index >= 15 is 0 Å². The molecule has 118 valence electrons. The van der Waals surface area contributed by atoms with Gasteiger partial charge in [0.25, 0.3) is 0 Å². The first-order chi connectivity index (χ1) is 10.7. The van der Waals surface area contributed by atoms with E-state index in [1.165, 1.54) is 5.56 Å². The monoisotopic (exact) mass is 317 g/mol. The van der Waals surface area contributed by atoms with Crippen molar-refractivity contribution < 1.29 is 4.74 Å². The topological polar surface area (TPSA) is 35.2 Å². The van der Waals surface area contributed by atoms with Crippen molar-refractivity contribution in [1.82, 2.24) is 0 Å². The van der Waals surface area contributed by atoms with Gasteiger partial charge < -0.3 is 10.5 Å². The van der Waals surface area contributed by atoms with Crippen LogP contribution in [0, 0.1) is 0 Å². The molecule has 22 heavy (non-hydrogen) atoms. The van der Waals surface area contributed by atoms with E-state index in [1.807, 2.05) is 30.3 Å². The number of ether oxygens (including phenoxy) is 1. The Morgan fingerprint density at radius 3 is 2.45 bits per heavy atom. The number of hydrogen-bond acceptors (Lipinski definition) is 2. The van der Waals surface area contributed by atoms with Gasteiger partial charge in [-0.05, 0) is 48.7 Å². The van der Waals surface area contributed by atoms with Gasteiger partial charge in [0.1, 0.15) is 5.75 Å². The zero-order valence-electron chi connectivity index (χ0n) is 13.1. The number of benzene rings is 2. The zero-order chi connectivity index (χ0) is 15.8. The van der Waals surface area contributed by atoms with Crippen LogP contribution in [0.1, 0.15) is 36.8 Å². The fourth-order valence-corrected chi connectivity index (χ4v) is 2.76. The largest absolute Gasteiger partial charge is 0.494 e. The van der Waals surface area contributed by atoms with Crippen molar-refractivity contribution in [3.63, 3.8) is 0 Å².